The van der Waals surface area contributed by atoms with Crippen molar-refractivity contribution in [3.05, 3.63) is 23.9 Å². The number of nitrogens with zero attached hydrogens (tertiary/aromatic N) is 1. The SMILES string of the molecule is CC(C)CCCOc1cc(C(=N)N)ccn1. The molecular weight excluding hydrogens is 202 g/mol. The maximum atomic E-state index is 7.30. The van der Waals surface area contributed by atoms with Gasteiger partial charge in [-0.05, 0) is 24.8 Å². The van der Waals surface area contributed by atoms with Crippen LogP contribution in [-0.4, -0.2) is 17.4 Å². The fourth-order valence-corrected chi connectivity index (χ4v) is 1.32. The predicted molar refractivity (Wildman–Crippen MR) is 64.8 cm³/mol. The van der Waals surface area contributed by atoms with Gasteiger partial charge in [0, 0.05) is 17.8 Å². The fraction of sp³-hybridized carbons (Fsp3) is 0.500. The highest BCUT2D eigenvalue weighted by Crippen LogP contribution is 2.10. The summed E-state index contributed by atoms with van der Waals surface area (Å²) in [7, 11) is 0. The lowest BCUT2D eigenvalue weighted by atomic mass is 10.1. The summed E-state index contributed by atoms with van der Waals surface area (Å²) < 4.78 is 5.48. The molecule has 1 aromatic heterocycles. The van der Waals surface area contributed by atoms with Gasteiger partial charge in [-0.15, -0.1) is 0 Å². The molecule has 0 bridgehead atoms. The molecule has 1 rings (SSSR count). The number of aromatic nitrogens is 1. The van der Waals surface area contributed by atoms with Gasteiger partial charge >= 0.3 is 0 Å². The van der Waals surface area contributed by atoms with Gasteiger partial charge in [-0.1, -0.05) is 13.8 Å². The van der Waals surface area contributed by atoms with E-state index < -0.39 is 0 Å². The number of nitrogens with one attached hydrogen (secondary N) is 1. The van der Waals surface area contributed by atoms with Crippen molar-refractivity contribution in [1.29, 1.82) is 5.41 Å². The Bertz CT molecular complexity index is 350. The van der Waals surface area contributed by atoms with Crippen LogP contribution in [0, 0.1) is 11.3 Å². The molecule has 3 N–H and O–H groups in total. The zero-order chi connectivity index (χ0) is 12.0. The molecule has 1 heterocycles. The van der Waals surface area contributed by atoms with Crippen LogP contribution in [0.15, 0.2) is 18.3 Å². The minimum absolute atomic E-state index is 0.0365. The Kier molecular flexibility index (Phi) is 4.76. The van der Waals surface area contributed by atoms with Gasteiger partial charge in [0.25, 0.3) is 0 Å². The molecule has 0 aliphatic carbocycles. The first kappa shape index (κ1) is 12.5. The molecule has 4 heteroatoms. The highest BCUT2D eigenvalue weighted by molar-refractivity contribution is 5.95. The fourth-order valence-electron chi connectivity index (χ4n) is 1.32. The van der Waals surface area contributed by atoms with E-state index in [2.05, 4.69) is 18.8 Å². The Labute approximate surface area is 96.3 Å². The standard InChI is InChI=1S/C12H19N3O/c1-9(2)4-3-7-16-11-8-10(12(13)14)5-6-15-11/h5-6,8-9H,3-4,7H2,1-2H3,(H3,13,14). The first-order valence-electron chi connectivity index (χ1n) is 5.53. The van der Waals surface area contributed by atoms with E-state index in [1.807, 2.05) is 0 Å². The van der Waals surface area contributed by atoms with Crippen LogP contribution in [0.2, 0.25) is 0 Å². The van der Waals surface area contributed by atoms with Crippen LogP contribution in [-0.2, 0) is 0 Å². The molecule has 0 aliphatic rings. The third-order valence-electron chi connectivity index (χ3n) is 2.22. The van der Waals surface area contributed by atoms with E-state index in [0.29, 0.717) is 24.0 Å². The summed E-state index contributed by atoms with van der Waals surface area (Å²) in [5.74, 6) is 1.27. The van der Waals surface area contributed by atoms with Crippen molar-refractivity contribution < 1.29 is 4.74 Å². The molecule has 0 saturated carbocycles. The van der Waals surface area contributed by atoms with E-state index in [1.165, 1.54) is 0 Å². The van der Waals surface area contributed by atoms with E-state index in [9.17, 15) is 0 Å². The lowest BCUT2D eigenvalue weighted by Gasteiger charge is -2.07. The van der Waals surface area contributed by atoms with E-state index in [4.69, 9.17) is 15.9 Å². The van der Waals surface area contributed by atoms with E-state index >= 15 is 0 Å². The van der Waals surface area contributed by atoms with Crippen LogP contribution < -0.4 is 10.5 Å². The summed E-state index contributed by atoms with van der Waals surface area (Å²) in [6.07, 6.45) is 3.77. The topological polar surface area (TPSA) is 72.0 Å². The van der Waals surface area contributed by atoms with Crippen molar-refractivity contribution in [3.8, 4) is 5.88 Å². The van der Waals surface area contributed by atoms with Crippen molar-refractivity contribution in [2.75, 3.05) is 6.61 Å². The molecule has 1 aromatic rings. The lowest BCUT2D eigenvalue weighted by Crippen LogP contribution is -2.11. The van der Waals surface area contributed by atoms with Gasteiger partial charge in [-0.2, -0.15) is 0 Å². The summed E-state index contributed by atoms with van der Waals surface area (Å²) in [5, 5.41) is 7.30. The number of nitrogen functional groups attached to an aromatic ring is 1. The van der Waals surface area contributed by atoms with Crippen molar-refractivity contribution in [1.82, 2.24) is 4.98 Å². The van der Waals surface area contributed by atoms with Crippen LogP contribution in [0.4, 0.5) is 0 Å². The number of pyridine rings is 1. The molecule has 0 spiro atoms. The third-order valence-corrected chi connectivity index (χ3v) is 2.22. The highest BCUT2D eigenvalue weighted by Gasteiger charge is 2.01. The van der Waals surface area contributed by atoms with Crippen LogP contribution >= 0.6 is 0 Å². The molecule has 0 amide bonds. The van der Waals surface area contributed by atoms with Crippen molar-refractivity contribution >= 4 is 5.84 Å². The van der Waals surface area contributed by atoms with Gasteiger partial charge in [-0.25, -0.2) is 4.98 Å². The molecule has 0 aliphatic heterocycles. The average molecular weight is 221 g/mol. The van der Waals surface area contributed by atoms with E-state index in [-0.39, 0.29) is 5.84 Å². The molecule has 88 valence electrons. The third kappa shape index (κ3) is 4.29. The quantitative estimate of drug-likeness (QED) is 0.439. The Morgan fingerprint density at radius 1 is 1.56 bits per heavy atom. The number of ether oxygens (including phenoxy) is 1. The summed E-state index contributed by atoms with van der Waals surface area (Å²) in [4.78, 5) is 4.06. The van der Waals surface area contributed by atoms with Crippen LogP contribution in [0.3, 0.4) is 0 Å². The number of hydrogen-bond donors (Lipinski definition) is 2. The number of amidine groups is 1. The molecular formula is C12H19N3O. The normalized spacial score (nSPS) is 10.4. The van der Waals surface area contributed by atoms with Crippen molar-refractivity contribution in [2.24, 2.45) is 11.7 Å². The summed E-state index contributed by atoms with van der Waals surface area (Å²) >= 11 is 0. The lowest BCUT2D eigenvalue weighted by molar-refractivity contribution is 0.287. The molecule has 0 atom stereocenters. The maximum absolute atomic E-state index is 7.30. The van der Waals surface area contributed by atoms with Crippen LogP contribution in [0.1, 0.15) is 32.3 Å². The number of nitrogens with two attached hydrogens (primary N) is 1. The monoisotopic (exact) mass is 221 g/mol. The smallest absolute Gasteiger partial charge is 0.213 e. The minimum Gasteiger partial charge on any atom is -0.478 e. The van der Waals surface area contributed by atoms with Gasteiger partial charge in [-0.3, -0.25) is 5.41 Å². The molecule has 4 nitrogen and oxygen atoms in total. The number of rotatable bonds is 6. The molecule has 0 fully saturated rings. The Morgan fingerprint density at radius 3 is 2.94 bits per heavy atom. The largest absolute Gasteiger partial charge is 0.478 e. The highest BCUT2D eigenvalue weighted by atomic mass is 16.5. The number of hydrogen-bond acceptors (Lipinski definition) is 3. The van der Waals surface area contributed by atoms with Gasteiger partial charge in [0.15, 0.2) is 0 Å². The first-order valence-corrected chi connectivity index (χ1v) is 5.53. The summed E-state index contributed by atoms with van der Waals surface area (Å²) in [5.41, 5.74) is 6.02. The summed E-state index contributed by atoms with van der Waals surface area (Å²) in [6.45, 7) is 5.04. The molecule has 16 heavy (non-hydrogen) atoms. The second-order valence-corrected chi connectivity index (χ2v) is 4.18. The van der Waals surface area contributed by atoms with Crippen molar-refractivity contribution in [3.63, 3.8) is 0 Å². The van der Waals surface area contributed by atoms with Gasteiger partial charge in [0.05, 0.1) is 6.61 Å². The second-order valence-electron chi connectivity index (χ2n) is 4.18. The summed E-state index contributed by atoms with van der Waals surface area (Å²) in [6, 6.07) is 3.39. The van der Waals surface area contributed by atoms with Crippen molar-refractivity contribution in [2.45, 2.75) is 26.7 Å². The molecule has 0 saturated heterocycles. The maximum Gasteiger partial charge on any atom is 0.213 e. The van der Waals surface area contributed by atoms with Gasteiger partial charge < -0.3 is 10.5 Å². The van der Waals surface area contributed by atoms with E-state index in [0.717, 1.165) is 12.8 Å². The molecule has 0 radical (unpaired) electrons. The van der Waals surface area contributed by atoms with Crippen LogP contribution in [0.25, 0.3) is 0 Å². The van der Waals surface area contributed by atoms with E-state index in [1.54, 1.807) is 18.3 Å². The van der Waals surface area contributed by atoms with Crippen LogP contribution in [0.5, 0.6) is 5.88 Å². The molecule has 0 aromatic carbocycles. The van der Waals surface area contributed by atoms with Gasteiger partial charge in [0.2, 0.25) is 5.88 Å². The first-order chi connectivity index (χ1) is 7.59. The molecule has 0 unspecified atom stereocenters. The average Bonchev–Trinajstić information content (AvgIpc) is 2.24. The van der Waals surface area contributed by atoms with Gasteiger partial charge in [0.1, 0.15) is 5.84 Å². The minimum atomic E-state index is 0.0365. The zero-order valence-corrected chi connectivity index (χ0v) is 9.86. The Hall–Kier alpha value is -1.58. The second kappa shape index (κ2) is 6.10. The Balaban J connectivity index is 2.42. The zero-order valence-electron chi connectivity index (χ0n) is 9.86. The Morgan fingerprint density at radius 2 is 2.31 bits per heavy atom. The predicted octanol–water partition coefficient (Wildman–Crippen LogP) is 2.18.